The number of hydrogen-bond acceptors (Lipinski definition) is 3. The topological polar surface area (TPSA) is 55.8 Å². The minimum atomic E-state index is -0.958. The normalized spacial score (nSPS) is 14.8. The number of hydrogen-bond donors (Lipinski definition) is 1. The van der Waals surface area contributed by atoms with E-state index in [0.29, 0.717) is 12.2 Å². The van der Waals surface area contributed by atoms with Crippen molar-refractivity contribution in [1.82, 2.24) is 0 Å². The summed E-state index contributed by atoms with van der Waals surface area (Å²) >= 11 is 0. The summed E-state index contributed by atoms with van der Waals surface area (Å²) < 4.78 is 10.1. The van der Waals surface area contributed by atoms with Gasteiger partial charge < -0.3 is 14.6 Å². The molecule has 4 nitrogen and oxygen atoms in total. The number of carboxylic acid groups (broad SMARTS) is 1. The molecule has 0 rings (SSSR count). The highest BCUT2D eigenvalue weighted by atomic mass is 16.7. The highest BCUT2D eigenvalue weighted by Crippen LogP contribution is 2.13. The van der Waals surface area contributed by atoms with Crippen molar-refractivity contribution >= 4 is 5.97 Å². The second-order valence-electron chi connectivity index (χ2n) is 2.63. The van der Waals surface area contributed by atoms with Crippen LogP contribution in [0.25, 0.3) is 0 Å². The standard InChI is InChI=1S/C9H16O4/c1-5-8(6(2)9(10)11)13-7(3)12-4/h7H,5H2,1-4H3,(H,10,11)/b8-6+. The van der Waals surface area contributed by atoms with Gasteiger partial charge in [0.2, 0.25) is 0 Å². The van der Waals surface area contributed by atoms with Crippen LogP contribution in [0.15, 0.2) is 11.3 Å². The third kappa shape index (κ3) is 3.94. The second-order valence-corrected chi connectivity index (χ2v) is 2.63. The third-order valence-electron chi connectivity index (χ3n) is 1.70. The fourth-order valence-electron chi connectivity index (χ4n) is 0.805. The molecule has 0 aromatic carbocycles. The lowest BCUT2D eigenvalue weighted by Gasteiger charge is -2.15. The van der Waals surface area contributed by atoms with E-state index in [4.69, 9.17) is 14.6 Å². The third-order valence-corrected chi connectivity index (χ3v) is 1.70. The summed E-state index contributed by atoms with van der Waals surface area (Å²) in [5, 5.41) is 8.69. The van der Waals surface area contributed by atoms with Crippen molar-refractivity contribution in [2.75, 3.05) is 7.11 Å². The van der Waals surface area contributed by atoms with Crippen LogP contribution in [-0.4, -0.2) is 24.5 Å². The SMILES string of the molecule is CC/C(OC(C)OC)=C(/C)C(=O)O. The van der Waals surface area contributed by atoms with Crippen molar-refractivity contribution in [3.63, 3.8) is 0 Å². The summed E-state index contributed by atoms with van der Waals surface area (Å²) in [6.45, 7) is 5.07. The largest absolute Gasteiger partial charge is 0.478 e. The van der Waals surface area contributed by atoms with Crippen LogP contribution in [0.5, 0.6) is 0 Å². The van der Waals surface area contributed by atoms with Gasteiger partial charge in [0, 0.05) is 13.5 Å². The molecule has 0 aromatic heterocycles. The van der Waals surface area contributed by atoms with Gasteiger partial charge in [-0.2, -0.15) is 0 Å². The molecule has 0 bridgehead atoms. The lowest BCUT2D eigenvalue weighted by atomic mass is 10.2. The highest BCUT2D eigenvalue weighted by Gasteiger charge is 2.11. The maximum atomic E-state index is 10.6. The first-order valence-corrected chi connectivity index (χ1v) is 4.15. The van der Waals surface area contributed by atoms with Gasteiger partial charge in [0.15, 0.2) is 6.29 Å². The molecule has 0 amide bonds. The van der Waals surface area contributed by atoms with Crippen molar-refractivity contribution in [2.24, 2.45) is 0 Å². The van der Waals surface area contributed by atoms with Crippen LogP contribution < -0.4 is 0 Å². The molecule has 76 valence electrons. The lowest BCUT2D eigenvalue weighted by Crippen LogP contribution is -2.12. The summed E-state index contributed by atoms with van der Waals surface area (Å²) in [7, 11) is 1.51. The van der Waals surface area contributed by atoms with E-state index in [2.05, 4.69) is 0 Å². The van der Waals surface area contributed by atoms with E-state index in [1.54, 1.807) is 6.92 Å². The molecule has 0 radical (unpaired) electrons. The summed E-state index contributed by atoms with van der Waals surface area (Å²) in [5.41, 5.74) is 0.228. The molecule has 0 aliphatic carbocycles. The molecule has 4 heteroatoms. The molecule has 0 heterocycles. The van der Waals surface area contributed by atoms with Crippen molar-refractivity contribution in [3.05, 3.63) is 11.3 Å². The molecular formula is C9H16O4. The van der Waals surface area contributed by atoms with Gasteiger partial charge in [-0.05, 0) is 13.8 Å². The fourth-order valence-corrected chi connectivity index (χ4v) is 0.805. The summed E-state index contributed by atoms with van der Waals surface area (Å²) in [5.74, 6) is -0.498. The molecule has 0 aliphatic rings. The number of carboxylic acids is 1. The lowest BCUT2D eigenvalue weighted by molar-refractivity contribution is -0.133. The van der Waals surface area contributed by atoms with E-state index in [9.17, 15) is 4.79 Å². The molecule has 0 aromatic rings. The number of methoxy groups -OCH3 is 1. The first kappa shape index (κ1) is 12.0. The van der Waals surface area contributed by atoms with Crippen LogP contribution in [0.1, 0.15) is 27.2 Å². The van der Waals surface area contributed by atoms with Crippen LogP contribution >= 0.6 is 0 Å². The number of allylic oxidation sites excluding steroid dienone is 1. The minimum Gasteiger partial charge on any atom is -0.478 e. The molecular weight excluding hydrogens is 172 g/mol. The zero-order valence-electron chi connectivity index (χ0n) is 8.46. The zero-order valence-corrected chi connectivity index (χ0v) is 8.46. The van der Waals surface area contributed by atoms with Crippen LogP contribution in [0.2, 0.25) is 0 Å². The molecule has 1 N–H and O–H groups in total. The molecule has 13 heavy (non-hydrogen) atoms. The average Bonchev–Trinajstić information content (AvgIpc) is 2.12. The second kappa shape index (κ2) is 5.59. The van der Waals surface area contributed by atoms with Crippen molar-refractivity contribution < 1.29 is 19.4 Å². The highest BCUT2D eigenvalue weighted by molar-refractivity contribution is 5.86. The van der Waals surface area contributed by atoms with Crippen molar-refractivity contribution in [2.45, 2.75) is 33.5 Å². The Hall–Kier alpha value is -1.03. The van der Waals surface area contributed by atoms with Gasteiger partial charge in [-0.3, -0.25) is 0 Å². The monoisotopic (exact) mass is 188 g/mol. The van der Waals surface area contributed by atoms with Crippen molar-refractivity contribution in [3.8, 4) is 0 Å². The quantitative estimate of drug-likeness (QED) is 0.406. The maximum absolute atomic E-state index is 10.6. The first-order chi connectivity index (χ1) is 6.02. The Morgan fingerprint density at radius 1 is 1.54 bits per heavy atom. The molecule has 1 atom stereocenters. The van der Waals surface area contributed by atoms with Crippen molar-refractivity contribution in [1.29, 1.82) is 0 Å². The van der Waals surface area contributed by atoms with E-state index >= 15 is 0 Å². The summed E-state index contributed by atoms with van der Waals surface area (Å²) in [6.07, 6.45) is 0.135. The number of rotatable bonds is 5. The van der Waals surface area contributed by atoms with Gasteiger partial charge in [-0.25, -0.2) is 4.79 Å². The van der Waals surface area contributed by atoms with E-state index in [-0.39, 0.29) is 5.57 Å². The Kier molecular flexibility index (Phi) is 5.14. The fraction of sp³-hybridized carbons (Fsp3) is 0.667. The van der Waals surface area contributed by atoms with E-state index < -0.39 is 12.3 Å². The smallest absolute Gasteiger partial charge is 0.334 e. The Morgan fingerprint density at radius 3 is 2.38 bits per heavy atom. The molecule has 0 aliphatic heterocycles. The number of ether oxygens (including phenoxy) is 2. The van der Waals surface area contributed by atoms with Gasteiger partial charge in [0.05, 0.1) is 5.57 Å². The van der Waals surface area contributed by atoms with Gasteiger partial charge in [-0.1, -0.05) is 6.92 Å². The van der Waals surface area contributed by atoms with Crippen LogP contribution in [-0.2, 0) is 14.3 Å². The Morgan fingerprint density at radius 2 is 2.08 bits per heavy atom. The van der Waals surface area contributed by atoms with Gasteiger partial charge in [0.25, 0.3) is 0 Å². The number of aliphatic carboxylic acids is 1. The van der Waals surface area contributed by atoms with E-state index in [0.717, 1.165) is 0 Å². The molecule has 0 fully saturated rings. The minimum absolute atomic E-state index is 0.228. The van der Waals surface area contributed by atoms with Crippen LogP contribution in [0.4, 0.5) is 0 Å². The maximum Gasteiger partial charge on any atom is 0.334 e. The molecule has 0 saturated heterocycles. The predicted molar refractivity (Wildman–Crippen MR) is 48.2 cm³/mol. The van der Waals surface area contributed by atoms with Gasteiger partial charge in [0.1, 0.15) is 5.76 Å². The molecule has 0 spiro atoms. The van der Waals surface area contributed by atoms with Gasteiger partial charge in [-0.15, -0.1) is 0 Å². The predicted octanol–water partition coefficient (Wildman–Crippen LogP) is 1.76. The van der Waals surface area contributed by atoms with E-state index in [1.165, 1.54) is 14.0 Å². The Balaban J connectivity index is 4.49. The van der Waals surface area contributed by atoms with E-state index in [1.807, 2.05) is 6.92 Å². The zero-order chi connectivity index (χ0) is 10.4. The molecule has 1 unspecified atom stereocenters. The van der Waals surface area contributed by atoms with Gasteiger partial charge >= 0.3 is 5.97 Å². The first-order valence-electron chi connectivity index (χ1n) is 4.15. The summed E-state index contributed by atoms with van der Waals surface area (Å²) in [6, 6.07) is 0. The van der Waals surface area contributed by atoms with Crippen LogP contribution in [0, 0.1) is 0 Å². The Bertz CT molecular complexity index is 208. The Labute approximate surface area is 78.2 Å². The summed E-state index contributed by atoms with van der Waals surface area (Å²) in [4.78, 5) is 10.6. The van der Waals surface area contributed by atoms with Crippen LogP contribution in [0.3, 0.4) is 0 Å². The average molecular weight is 188 g/mol. The number of carbonyl (C=O) groups is 1. The molecule has 0 saturated carbocycles.